The van der Waals surface area contributed by atoms with Gasteiger partial charge in [-0.3, -0.25) is 0 Å². The van der Waals surface area contributed by atoms with Gasteiger partial charge < -0.3 is 5.11 Å². The van der Waals surface area contributed by atoms with E-state index in [1.54, 1.807) is 0 Å². The van der Waals surface area contributed by atoms with Gasteiger partial charge in [0, 0.05) is 6.61 Å². The number of aliphatic hydroxyl groups is 1. The normalized spacial score (nSPS) is 38.7. The van der Waals surface area contributed by atoms with Gasteiger partial charge in [0.2, 0.25) is 0 Å². The third kappa shape index (κ3) is 1.19. The van der Waals surface area contributed by atoms with Crippen molar-refractivity contribution >= 4 is 23.2 Å². The van der Waals surface area contributed by atoms with E-state index >= 15 is 0 Å². The highest BCUT2D eigenvalue weighted by atomic mass is 35.5. The maximum Gasteiger partial charge on any atom is 0.124 e. The molecular weight excluding hydrogens is 159 g/mol. The number of alkyl halides is 2. The molecule has 0 aliphatic heterocycles. The van der Waals surface area contributed by atoms with Gasteiger partial charge in [0.1, 0.15) is 4.33 Å². The standard InChI is InChI=1S/C6H10Cl2O/c1-4-5(2-3-9)6(4,7)8/h4-5,9H,2-3H2,1H3. The van der Waals surface area contributed by atoms with Crippen LogP contribution in [0.5, 0.6) is 0 Å². The van der Waals surface area contributed by atoms with Gasteiger partial charge in [0.15, 0.2) is 0 Å². The van der Waals surface area contributed by atoms with Gasteiger partial charge in [-0.2, -0.15) is 0 Å². The molecule has 1 aliphatic rings. The molecule has 3 heteroatoms. The highest BCUT2D eigenvalue weighted by molar-refractivity contribution is 6.51. The Bertz CT molecular complexity index is 114. The van der Waals surface area contributed by atoms with Crippen LogP contribution in [-0.2, 0) is 0 Å². The van der Waals surface area contributed by atoms with E-state index in [2.05, 4.69) is 0 Å². The van der Waals surface area contributed by atoms with Crippen molar-refractivity contribution in [1.82, 2.24) is 0 Å². The molecule has 1 saturated carbocycles. The SMILES string of the molecule is CC1C(CCO)C1(Cl)Cl. The Morgan fingerprint density at radius 3 is 2.11 bits per heavy atom. The van der Waals surface area contributed by atoms with Crippen LogP contribution >= 0.6 is 23.2 Å². The van der Waals surface area contributed by atoms with Crippen molar-refractivity contribution in [3.63, 3.8) is 0 Å². The molecule has 0 spiro atoms. The third-order valence-electron chi connectivity index (χ3n) is 2.04. The van der Waals surface area contributed by atoms with Crippen LogP contribution in [0, 0.1) is 11.8 Å². The first-order valence-electron chi connectivity index (χ1n) is 3.09. The van der Waals surface area contributed by atoms with Gasteiger partial charge in [0.05, 0.1) is 0 Å². The molecule has 1 rings (SSSR count). The van der Waals surface area contributed by atoms with Crippen molar-refractivity contribution in [1.29, 1.82) is 0 Å². The van der Waals surface area contributed by atoms with Crippen molar-refractivity contribution in [2.45, 2.75) is 17.7 Å². The van der Waals surface area contributed by atoms with E-state index in [1.807, 2.05) is 6.92 Å². The molecule has 2 atom stereocenters. The highest BCUT2D eigenvalue weighted by Crippen LogP contribution is 2.60. The van der Waals surface area contributed by atoms with E-state index < -0.39 is 4.33 Å². The molecule has 1 N–H and O–H groups in total. The van der Waals surface area contributed by atoms with Crippen LogP contribution < -0.4 is 0 Å². The third-order valence-corrected chi connectivity index (χ3v) is 3.29. The first-order chi connectivity index (χ1) is 4.10. The average Bonchev–Trinajstić information content (AvgIpc) is 2.19. The first-order valence-corrected chi connectivity index (χ1v) is 3.85. The predicted octanol–water partition coefficient (Wildman–Crippen LogP) is 1.81. The van der Waals surface area contributed by atoms with Crippen molar-refractivity contribution in [3.8, 4) is 0 Å². The minimum atomic E-state index is -0.539. The lowest BCUT2D eigenvalue weighted by molar-refractivity contribution is 0.277. The fraction of sp³-hybridized carbons (Fsp3) is 1.00. The van der Waals surface area contributed by atoms with E-state index in [1.165, 1.54) is 0 Å². The molecule has 0 saturated heterocycles. The van der Waals surface area contributed by atoms with Gasteiger partial charge >= 0.3 is 0 Å². The molecule has 0 heterocycles. The molecule has 1 fully saturated rings. The first kappa shape index (κ1) is 7.64. The van der Waals surface area contributed by atoms with Crippen molar-refractivity contribution in [3.05, 3.63) is 0 Å². The predicted molar refractivity (Wildman–Crippen MR) is 38.8 cm³/mol. The van der Waals surface area contributed by atoms with E-state index in [-0.39, 0.29) is 6.61 Å². The molecule has 0 aromatic heterocycles. The summed E-state index contributed by atoms with van der Waals surface area (Å²) in [5, 5.41) is 8.51. The lowest BCUT2D eigenvalue weighted by Gasteiger charge is -1.93. The van der Waals surface area contributed by atoms with Crippen LogP contribution in [0.2, 0.25) is 0 Å². The maximum absolute atomic E-state index is 8.51. The molecule has 0 aromatic rings. The summed E-state index contributed by atoms with van der Waals surface area (Å²) in [6.45, 7) is 2.19. The second kappa shape index (κ2) is 2.30. The second-order valence-corrected chi connectivity index (χ2v) is 4.03. The number of hydrogen-bond donors (Lipinski definition) is 1. The topological polar surface area (TPSA) is 20.2 Å². The van der Waals surface area contributed by atoms with Gasteiger partial charge in [0.25, 0.3) is 0 Å². The maximum atomic E-state index is 8.51. The fourth-order valence-corrected chi connectivity index (χ4v) is 1.92. The molecule has 1 nitrogen and oxygen atoms in total. The zero-order valence-corrected chi connectivity index (χ0v) is 6.78. The van der Waals surface area contributed by atoms with E-state index in [0.717, 1.165) is 6.42 Å². The Morgan fingerprint density at radius 1 is 1.56 bits per heavy atom. The molecule has 9 heavy (non-hydrogen) atoms. The summed E-state index contributed by atoms with van der Waals surface area (Å²) in [4.78, 5) is 0. The van der Waals surface area contributed by atoms with Gasteiger partial charge in [-0.25, -0.2) is 0 Å². The van der Waals surface area contributed by atoms with Gasteiger partial charge in [-0.1, -0.05) is 6.92 Å². The van der Waals surface area contributed by atoms with E-state index in [0.29, 0.717) is 11.8 Å². The van der Waals surface area contributed by atoms with Gasteiger partial charge in [-0.05, 0) is 18.3 Å². The van der Waals surface area contributed by atoms with Crippen LogP contribution in [0.3, 0.4) is 0 Å². The molecule has 0 amide bonds. The Morgan fingerprint density at radius 2 is 2.00 bits per heavy atom. The largest absolute Gasteiger partial charge is 0.396 e. The summed E-state index contributed by atoms with van der Waals surface area (Å²) in [5.41, 5.74) is 0. The summed E-state index contributed by atoms with van der Waals surface area (Å²) in [6.07, 6.45) is 0.730. The van der Waals surface area contributed by atoms with Crippen molar-refractivity contribution in [2.24, 2.45) is 11.8 Å². The lowest BCUT2D eigenvalue weighted by Crippen LogP contribution is -1.92. The smallest absolute Gasteiger partial charge is 0.124 e. The van der Waals surface area contributed by atoms with Crippen LogP contribution in [0.15, 0.2) is 0 Å². The van der Waals surface area contributed by atoms with Crippen LogP contribution in [0.25, 0.3) is 0 Å². The highest BCUT2D eigenvalue weighted by Gasteiger charge is 2.59. The van der Waals surface area contributed by atoms with Crippen LogP contribution in [-0.4, -0.2) is 16.0 Å². The minimum Gasteiger partial charge on any atom is -0.396 e. The molecule has 2 unspecified atom stereocenters. The summed E-state index contributed by atoms with van der Waals surface area (Å²) in [6, 6.07) is 0. The summed E-state index contributed by atoms with van der Waals surface area (Å²) >= 11 is 11.6. The minimum absolute atomic E-state index is 0.191. The Hall–Kier alpha value is 0.540. The number of rotatable bonds is 2. The molecule has 0 bridgehead atoms. The zero-order valence-electron chi connectivity index (χ0n) is 5.27. The van der Waals surface area contributed by atoms with Crippen LogP contribution in [0.1, 0.15) is 13.3 Å². The van der Waals surface area contributed by atoms with Crippen molar-refractivity contribution < 1.29 is 5.11 Å². The second-order valence-electron chi connectivity index (χ2n) is 2.58. The zero-order chi connectivity index (χ0) is 7.07. The van der Waals surface area contributed by atoms with E-state index in [4.69, 9.17) is 28.3 Å². The quantitative estimate of drug-likeness (QED) is 0.625. The van der Waals surface area contributed by atoms with E-state index in [9.17, 15) is 0 Å². The monoisotopic (exact) mass is 168 g/mol. The summed E-state index contributed by atoms with van der Waals surface area (Å²) in [5.74, 6) is 0.666. The average molecular weight is 169 g/mol. The number of halogens is 2. The van der Waals surface area contributed by atoms with Crippen LogP contribution in [0.4, 0.5) is 0 Å². The van der Waals surface area contributed by atoms with Gasteiger partial charge in [-0.15, -0.1) is 23.2 Å². The summed E-state index contributed by atoms with van der Waals surface area (Å²) in [7, 11) is 0. The number of hydrogen-bond acceptors (Lipinski definition) is 1. The van der Waals surface area contributed by atoms with Crippen molar-refractivity contribution in [2.75, 3.05) is 6.61 Å². The number of aliphatic hydroxyl groups excluding tert-OH is 1. The Kier molecular flexibility index (Phi) is 1.95. The fourth-order valence-electron chi connectivity index (χ4n) is 1.14. The molecule has 0 aromatic carbocycles. The lowest BCUT2D eigenvalue weighted by atomic mass is 10.3. The molecule has 0 radical (unpaired) electrons. The Balaban J connectivity index is 2.33. The molecule has 1 aliphatic carbocycles. The molecule has 54 valence electrons. The Labute approximate surface area is 65.0 Å². The molecular formula is C6H10Cl2O. The summed E-state index contributed by atoms with van der Waals surface area (Å²) < 4.78 is -0.539.